The first-order chi connectivity index (χ1) is 8.54. The molecule has 5 nitrogen and oxygen atoms in total. The highest BCUT2D eigenvalue weighted by Gasteiger charge is 2.08. The predicted molar refractivity (Wildman–Crippen MR) is 63.9 cm³/mol. The van der Waals surface area contributed by atoms with Gasteiger partial charge in [0.2, 0.25) is 0 Å². The summed E-state index contributed by atoms with van der Waals surface area (Å²) in [7, 11) is 0. The minimum Gasteiger partial charge on any atom is -0.354 e. The minimum atomic E-state index is -0.505. The average molecular weight is 247 g/mol. The van der Waals surface area contributed by atoms with E-state index in [0.717, 1.165) is 6.20 Å². The number of nitrogens with one attached hydrogen (secondary N) is 2. The second-order valence-corrected chi connectivity index (χ2v) is 3.73. The van der Waals surface area contributed by atoms with Gasteiger partial charge in [0, 0.05) is 17.8 Å². The summed E-state index contributed by atoms with van der Waals surface area (Å²) < 4.78 is 12.6. The maximum absolute atomic E-state index is 12.6. The van der Waals surface area contributed by atoms with Crippen LogP contribution in [0.2, 0.25) is 0 Å². The monoisotopic (exact) mass is 247 g/mol. The van der Waals surface area contributed by atoms with E-state index in [0.29, 0.717) is 5.69 Å². The van der Waals surface area contributed by atoms with Gasteiger partial charge in [0.15, 0.2) is 5.43 Å². The van der Waals surface area contributed by atoms with E-state index in [2.05, 4.69) is 15.3 Å². The standard InChI is InChI=1S/C12H10FN3O2/c1-7-4-9(17)5-10(15-7)12(18)16-11-3-2-8(13)6-14-11/h2-6H,1H3,(H,15,17)(H,14,16,18). The number of aryl methyl sites for hydroxylation is 1. The van der Waals surface area contributed by atoms with Gasteiger partial charge in [-0.3, -0.25) is 9.59 Å². The molecule has 0 spiro atoms. The SMILES string of the molecule is Cc1cc(=O)cc(C(=O)Nc2ccc(F)cn2)[nH]1. The highest BCUT2D eigenvalue weighted by Crippen LogP contribution is 2.05. The Morgan fingerprint density at radius 3 is 2.78 bits per heavy atom. The fourth-order valence-electron chi connectivity index (χ4n) is 1.44. The summed E-state index contributed by atoms with van der Waals surface area (Å²) in [6, 6.07) is 5.08. The molecule has 92 valence electrons. The third-order valence-corrected chi connectivity index (χ3v) is 2.19. The Morgan fingerprint density at radius 2 is 2.17 bits per heavy atom. The number of rotatable bonds is 2. The number of nitrogens with zero attached hydrogens (tertiary/aromatic N) is 1. The smallest absolute Gasteiger partial charge is 0.273 e. The zero-order chi connectivity index (χ0) is 13.1. The fourth-order valence-corrected chi connectivity index (χ4v) is 1.44. The summed E-state index contributed by atoms with van der Waals surface area (Å²) >= 11 is 0. The molecular formula is C12H10FN3O2. The number of halogens is 1. The molecule has 0 aromatic carbocycles. The van der Waals surface area contributed by atoms with Gasteiger partial charge in [-0.2, -0.15) is 0 Å². The van der Waals surface area contributed by atoms with Gasteiger partial charge in [-0.05, 0) is 19.1 Å². The maximum atomic E-state index is 12.6. The number of aromatic amines is 1. The van der Waals surface area contributed by atoms with Crippen molar-refractivity contribution >= 4 is 11.7 Å². The quantitative estimate of drug-likeness (QED) is 0.843. The summed E-state index contributed by atoms with van der Waals surface area (Å²) in [6.07, 6.45) is 0.995. The Balaban J connectivity index is 2.21. The number of hydrogen-bond donors (Lipinski definition) is 2. The zero-order valence-corrected chi connectivity index (χ0v) is 9.53. The van der Waals surface area contributed by atoms with E-state index < -0.39 is 11.7 Å². The third-order valence-electron chi connectivity index (χ3n) is 2.19. The van der Waals surface area contributed by atoms with E-state index in [1.165, 1.54) is 24.3 Å². The molecular weight excluding hydrogens is 237 g/mol. The Kier molecular flexibility index (Phi) is 3.18. The van der Waals surface area contributed by atoms with Crippen molar-refractivity contribution in [3.63, 3.8) is 0 Å². The lowest BCUT2D eigenvalue weighted by atomic mass is 10.3. The summed E-state index contributed by atoms with van der Waals surface area (Å²) in [6.45, 7) is 1.67. The van der Waals surface area contributed by atoms with Crippen molar-refractivity contribution < 1.29 is 9.18 Å². The van der Waals surface area contributed by atoms with Crippen molar-refractivity contribution in [3.8, 4) is 0 Å². The number of aromatic nitrogens is 2. The first kappa shape index (κ1) is 12.0. The predicted octanol–water partition coefficient (Wildman–Crippen LogP) is 1.47. The first-order valence-electron chi connectivity index (χ1n) is 5.18. The number of carbonyl (C=O) groups excluding carboxylic acids is 1. The van der Waals surface area contributed by atoms with Crippen molar-refractivity contribution in [2.24, 2.45) is 0 Å². The van der Waals surface area contributed by atoms with Gasteiger partial charge in [0.1, 0.15) is 17.3 Å². The van der Waals surface area contributed by atoms with Gasteiger partial charge in [-0.15, -0.1) is 0 Å². The van der Waals surface area contributed by atoms with Gasteiger partial charge in [-0.1, -0.05) is 0 Å². The molecule has 2 aromatic heterocycles. The van der Waals surface area contributed by atoms with Crippen LogP contribution in [0.4, 0.5) is 10.2 Å². The van der Waals surface area contributed by atoms with E-state index in [4.69, 9.17) is 0 Å². The van der Waals surface area contributed by atoms with E-state index in [-0.39, 0.29) is 16.9 Å². The second-order valence-electron chi connectivity index (χ2n) is 3.73. The van der Waals surface area contributed by atoms with E-state index in [1.807, 2.05) is 0 Å². The number of hydrogen-bond acceptors (Lipinski definition) is 3. The highest BCUT2D eigenvalue weighted by atomic mass is 19.1. The minimum absolute atomic E-state index is 0.131. The topological polar surface area (TPSA) is 74.8 Å². The van der Waals surface area contributed by atoms with Crippen molar-refractivity contribution in [1.82, 2.24) is 9.97 Å². The third kappa shape index (κ3) is 2.79. The molecule has 0 saturated heterocycles. The van der Waals surface area contributed by atoms with Crippen LogP contribution < -0.4 is 10.7 Å². The molecule has 2 aromatic rings. The van der Waals surface area contributed by atoms with Crippen LogP contribution in [0.5, 0.6) is 0 Å². The Labute approximate surface area is 102 Å². The van der Waals surface area contributed by atoms with Gasteiger partial charge in [-0.25, -0.2) is 9.37 Å². The van der Waals surface area contributed by atoms with Crippen LogP contribution in [-0.2, 0) is 0 Å². The van der Waals surface area contributed by atoms with E-state index >= 15 is 0 Å². The molecule has 0 atom stereocenters. The lowest BCUT2D eigenvalue weighted by molar-refractivity contribution is 0.102. The molecule has 2 N–H and O–H groups in total. The van der Waals surface area contributed by atoms with Crippen molar-refractivity contribution in [3.05, 3.63) is 57.9 Å². The van der Waals surface area contributed by atoms with E-state index in [9.17, 15) is 14.0 Å². The van der Waals surface area contributed by atoms with Crippen LogP contribution in [0.25, 0.3) is 0 Å². The van der Waals surface area contributed by atoms with Gasteiger partial charge in [0.05, 0.1) is 6.20 Å². The molecule has 0 aliphatic carbocycles. The molecule has 0 unspecified atom stereocenters. The summed E-state index contributed by atoms with van der Waals surface area (Å²) in [5, 5.41) is 2.45. The largest absolute Gasteiger partial charge is 0.354 e. The summed E-state index contributed by atoms with van der Waals surface area (Å²) in [5.74, 6) is -0.782. The normalized spacial score (nSPS) is 10.1. The Morgan fingerprint density at radius 1 is 1.39 bits per heavy atom. The van der Waals surface area contributed by atoms with Crippen LogP contribution >= 0.6 is 0 Å². The molecule has 6 heteroatoms. The van der Waals surface area contributed by atoms with Gasteiger partial charge >= 0.3 is 0 Å². The molecule has 0 aliphatic heterocycles. The van der Waals surface area contributed by atoms with Crippen LogP contribution in [0.1, 0.15) is 16.2 Å². The average Bonchev–Trinajstić information content (AvgIpc) is 2.31. The second kappa shape index (κ2) is 4.79. The molecule has 2 heterocycles. The molecule has 1 amide bonds. The van der Waals surface area contributed by atoms with Crippen molar-refractivity contribution in [2.45, 2.75) is 6.92 Å². The van der Waals surface area contributed by atoms with Gasteiger partial charge in [0.25, 0.3) is 5.91 Å². The number of anilines is 1. The van der Waals surface area contributed by atoms with Crippen LogP contribution in [0, 0.1) is 12.7 Å². The van der Waals surface area contributed by atoms with Crippen LogP contribution in [0.15, 0.2) is 35.3 Å². The summed E-state index contributed by atoms with van der Waals surface area (Å²) in [5.41, 5.74) is 0.453. The maximum Gasteiger partial charge on any atom is 0.273 e. The molecule has 0 bridgehead atoms. The Bertz CT molecular complexity index is 635. The number of H-pyrrole nitrogens is 1. The number of carbonyl (C=O) groups is 1. The van der Waals surface area contributed by atoms with Crippen LogP contribution in [-0.4, -0.2) is 15.9 Å². The molecule has 0 radical (unpaired) electrons. The lowest BCUT2D eigenvalue weighted by Gasteiger charge is -2.04. The molecule has 18 heavy (non-hydrogen) atoms. The Hall–Kier alpha value is -2.50. The van der Waals surface area contributed by atoms with Crippen LogP contribution in [0.3, 0.4) is 0 Å². The fraction of sp³-hybridized carbons (Fsp3) is 0.0833. The first-order valence-corrected chi connectivity index (χ1v) is 5.18. The highest BCUT2D eigenvalue weighted by molar-refractivity contribution is 6.02. The number of pyridine rings is 2. The van der Waals surface area contributed by atoms with Crippen molar-refractivity contribution in [1.29, 1.82) is 0 Å². The molecule has 0 fully saturated rings. The number of amides is 1. The lowest BCUT2D eigenvalue weighted by Crippen LogP contribution is -2.17. The van der Waals surface area contributed by atoms with Crippen molar-refractivity contribution in [2.75, 3.05) is 5.32 Å². The molecule has 0 aliphatic rings. The van der Waals surface area contributed by atoms with E-state index in [1.54, 1.807) is 6.92 Å². The molecule has 0 saturated carbocycles. The molecule has 2 rings (SSSR count). The summed E-state index contributed by atoms with van der Waals surface area (Å²) in [4.78, 5) is 29.5. The zero-order valence-electron chi connectivity index (χ0n) is 9.53. The van der Waals surface area contributed by atoms with Gasteiger partial charge < -0.3 is 10.3 Å².